The number of halogens is 2. The first-order chi connectivity index (χ1) is 7.20. The van der Waals surface area contributed by atoms with Gasteiger partial charge in [0.2, 0.25) is 0 Å². The summed E-state index contributed by atoms with van der Waals surface area (Å²) in [7, 11) is 0. The third-order valence-corrected chi connectivity index (χ3v) is 4.73. The van der Waals surface area contributed by atoms with E-state index < -0.39 is 0 Å². The quantitative estimate of drug-likeness (QED) is 0.485. The van der Waals surface area contributed by atoms with Crippen LogP contribution in [0.25, 0.3) is 0 Å². The molecule has 3 heteroatoms. The number of hydrogen-bond donors (Lipinski definition) is 0. The lowest BCUT2D eigenvalue weighted by Crippen LogP contribution is -2.07. The van der Waals surface area contributed by atoms with Crippen molar-refractivity contribution in [2.45, 2.75) is 63.1 Å². The molecule has 0 radical (unpaired) electrons. The maximum Gasteiger partial charge on any atom is 0.0426 e. The first-order valence-corrected chi connectivity index (χ1v) is 8.09. The molecule has 0 saturated heterocycles. The molecule has 92 valence electrons. The van der Waals surface area contributed by atoms with Crippen LogP contribution in [-0.4, -0.2) is 22.3 Å². The van der Waals surface area contributed by atoms with E-state index in [1.807, 2.05) is 11.8 Å². The van der Waals surface area contributed by atoms with Gasteiger partial charge in [-0.25, -0.2) is 0 Å². The predicted octanol–water partition coefficient (Wildman–Crippen LogP) is 5.31. The second-order valence-electron chi connectivity index (χ2n) is 4.02. The van der Waals surface area contributed by atoms with Crippen LogP contribution in [0.1, 0.15) is 52.4 Å². The Morgan fingerprint density at radius 1 is 0.867 bits per heavy atom. The maximum atomic E-state index is 6.18. The molecule has 0 spiro atoms. The lowest BCUT2D eigenvalue weighted by Gasteiger charge is -2.11. The summed E-state index contributed by atoms with van der Waals surface area (Å²) < 4.78 is 0. The molecule has 15 heavy (non-hydrogen) atoms. The molecular weight excluding hydrogens is 247 g/mol. The van der Waals surface area contributed by atoms with Gasteiger partial charge in [0.1, 0.15) is 0 Å². The molecule has 2 unspecified atom stereocenters. The van der Waals surface area contributed by atoms with Crippen molar-refractivity contribution in [3.63, 3.8) is 0 Å². The standard InChI is InChI=1S/C12H24Cl2S/c1-3-5-7-11(13)9-15-10-12(14)8-6-4-2/h11-12H,3-10H2,1-2H3. The molecule has 0 aromatic heterocycles. The lowest BCUT2D eigenvalue weighted by atomic mass is 10.2. The molecule has 0 rings (SSSR count). The summed E-state index contributed by atoms with van der Waals surface area (Å²) in [4.78, 5) is 0. The van der Waals surface area contributed by atoms with Crippen LogP contribution in [0.4, 0.5) is 0 Å². The number of thioether (sulfide) groups is 1. The Kier molecular flexibility index (Phi) is 12.1. The van der Waals surface area contributed by atoms with E-state index in [1.165, 1.54) is 25.7 Å². The molecule has 0 aliphatic carbocycles. The SMILES string of the molecule is CCCCC(Cl)CSCC(Cl)CCCC. The van der Waals surface area contributed by atoms with E-state index in [0.29, 0.717) is 10.8 Å². The summed E-state index contributed by atoms with van der Waals surface area (Å²) in [6.07, 6.45) is 7.26. The molecule has 0 fully saturated rings. The van der Waals surface area contributed by atoms with Gasteiger partial charge in [-0.2, -0.15) is 11.8 Å². The largest absolute Gasteiger partial charge is 0.159 e. The Balaban J connectivity index is 3.27. The summed E-state index contributed by atoms with van der Waals surface area (Å²) in [5.41, 5.74) is 0. The van der Waals surface area contributed by atoms with Crippen LogP contribution in [0.2, 0.25) is 0 Å². The van der Waals surface area contributed by atoms with Crippen molar-refractivity contribution < 1.29 is 0 Å². The summed E-state index contributed by atoms with van der Waals surface area (Å²) in [5, 5.41) is 0.676. The second kappa shape index (κ2) is 11.4. The molecule has 0 aliphatic heterocycles. The highest BCUT2D eigenvalue weighted by molar-refractivity contribution is 7.99. The van der Waals surface area contributed by atoms with Gasteiger partial charge in [0.15, 0.2) is 0 Å². The molecule has 0 nitrogen and oxygen atoms in total. The number of hydrogen-bond acceptors (Lipinski definition) is 1. The fraction of sp³-hybridized carbons (Fsp3) is 1.00. The molecule has 0 saturated carbocycles. The molecule has 0 amide bonds. The first-order valence-electron chi connectivity index (χ1n) is 6.06. The van der Waals surface area contributed by atoms with Gasteiger partial charge in [0.05, 0.1) is 0 Å². The third kappa shape index (κ3) is 11.2. The van der Waals surface area contributed by atoms with Gasteiger partial charge in [0, 0.05) is 22.3 Å². The number of alkyl halides is 2. The molecule has 0 aromatic carbocycles. The van der Waals surface area contributed by atoms with Crippen molar-refractivity contribution in [1.82, 2.24) is 0 Å². The monoisotopic (exact) mass is 270 g/mol. The Labute approximate surface area is 109 Å². The third-order valence-electron chi connectivity index (χ3n) is 2.34. The average Bonchev–Trinajstić information content (AvgIpc) is 2.23. The van der Waals surface area contributed by atoms with Crippen LogP contribution in [0, 0.1) is 0 Å². The Hall–Kier alpha value is 0.930. The number of rotatable bonds is 10. The summed E-state index contributed by atoms with van der Waals surface area (Å²) in [5.74, 6) is 2.10. The number of unbranched alkanes of at least 4 members (excludes halogenated alkanes) is 2. The average molecular weight is 271 g/mol. The summed E-state index contributed by atoms with van der Waals surface area (Å²) in [6.45, 7) is 4.41. The Bertz CT molecular complexity index is 117. The lowest BCUT2D eigenvalue weighted by molar-refractivity contribution is 0.706. The highest BCUT2D eigenvalue weighted by Crippen LogP contribution is 2.18. The van der Waals surface area contributed by atoms with E-state index >= 15 is 0 Å². The minimum atomic E-state index is 0.338. The van der Waals surface area contributed by atoms with Crippen molar-refractivity contribution in [3.05, 3.63) is 0 Å². The topological polar surface area (TPSA) is 0 Å². The molecule has 0 aromatic rings. The first kappa shape index (κ1) is 15.9. The van der Waals surface area contributed by atoms with Crippen LogP contribution in [-0.2, 0) is 0 Å². The van der Waals surface area contributed by atoms with Gasteiger partial charge in [-0.15, -0.1) is 23.2 Å². The van der Waals surface area contributed by atoms with E-state index in [2.05, 4.69) is 13.8 Å². The van der Waals surface area contributed by atoms with E-state index in [4.69, 9.17) is 23.2 Å². The van der Waals surface area contributed by atoms with Crippen molar-refractivity contribution in [3.8, 4) is 0 Å². The van der Waals surface area contributed by atoms with Gasteiger partial charge in [-0.05, 0) is 12.8 Å². The zero-order valence-electron chi connectivity index (χ0n) is 9.98. The van der Waals surface area contributed by atoms with E-state index in [1.54, 1.807) is 0 Å². The van der Waals surface area contributed by atoms with Crippen molar-refractivity contribution in [2.75, 3.05) is 11.5 Å². The van der Waals surface area contributed by atoms with Gasteiger partial charge in [0.25, 0.3) is 0 Å². The summed E-state index contributed by atoms with van der Waals surface area (Å²) in [6, 6.07) is 0. The maximum absolute atomic E-state index is 6.18. The van der Waals surface area contributed by atoms with Crippen molar-refractivity contribution in [1.29, 1.82) is 0 Å². The molecule has 0 N–H and O–H groups in total. The van der Waals surface area contributed by atoms with E-state index in [0.717, 1.165) is 24.3 Å². The van der Waals surface area contributed by atoms with Gasteiger partial charge in [-0.3, -0.25) is 0 Å². The van der Waals surface area contributed by atoms with E-state index in [9.17, 15) is 0 Å². The molecule has 2 atom stereocenters. The van der Waals surface area contributed by atoms with Crippen molar-refractivity contribution >= 4 is 35.0 Å². The zero-order chi connectivity index (χ0) is 11.5. The fourth-order valence-electron chi connectivity index (χ4n) is 1.34. The highest BCUT2D eigenvalue weighted by Gasteiger charge is 2.07. The fourth-order valence-corrected chi connectivity index (χ4v) is 3.17. The highest BCUT2D eigenvalue weighted by atomic mass is 35.5. The minimum Gasteiger partial charge on any atom is -0.159 e. The molecular formula is C12H24Cl2S. The zero-order valence-corrected chi connectivity index (χ0v) is 12.3. The van der Waals surface area contributed by atoms with Crippen LogP contribution < -0.4 is 0 Å². The molecule has 0 bridgehead atoms. The van der Waals surface area contributed by atoms with Gasteiger partial charge < -0.3 is 0 Å². The molecule has 0 aliphatic rings. The van der Waals surface area contributed by atoms with Crippen LogP contribution in [0.5, 0.6) is 0 Å². The Morgan fingerprint density at radius 2 is 1.27 bits per heavy atom. The van der Waals surface area contributed by atoms with Crippen molar-refractivity contribution in [2.24, 2.45) is 0 Å². The normalized spacial score (nSPS) is 15.2. The summed E-state index contributed by atoms with van der Waals surface area (Å²) >= 11 is 14.3. The second-order valence-corrected chi connectivity index (χ2v) is 6.33. The Morgan fingerprint density at radius 3 is 1.60 bits per heavy atom. The van der Waals surface area contributed by atoms with Gasteiger partial charge >= 0.3 is 0 Å². The predicted molar refractivity (Wildman–Crippen MR) is 75.7 cm³/mol. The van der Waals surface area contributed by atoms with Crippen LogP contribution in [0.3, 0.4) is 0 Å². The van der Waals surface area contributed by atoms with E-state index in [-0.39, 0.29) is 0 Å². The molecule has 0 heterocycles. The van der Waals surface area contributed by atoms with Crippen LogP contribution in [0.15, 0.2) is 0 Å². The van der Waals surface area contributed by atoms with Gasteiger partial charge in [-0.1, -0.05) is 39.5 Å². The van der Waals surface area contributed by atoms with Crippen LogP contribution >= 0.6 is 35.0 Å². The smallest absolute Gasteiger partial charge is 0.0426 e. The minimum absolute atomic E-state index is 0.338.